The van der Waals surface area contributed by atoms with Crippen LogP contribution in [0, 0.1) is 0 Å². The van der Waals surface area contributed by atoms with Crippen molar-refractivity contribution in [2.24, 2.45) is 0 Å². The highest BCUT2D eigenvalue weighted by atomic mass is 15.1. The van der Waals surface area contributed by atoms with Crippen molar-refractivity contribution in [1.29, 1.82) is 0 Å². The van der Waals surface area contributed by atoms with Crippen LogP contribution in [0.15, 0.2) is 194 Å². The molecule has 0 unspecified atom stereocenters. The number of rotatable bonds is 6. The van der Waals surface area contributed by atoms with Crippen LogP contribution in [0.2, 0.25) is 0 Å². The highest BCUT2D eigenvalue weighted by Gasteiger charge is 2.35. The van der Waals surface area contributed by atoms with Crippen LogP contribution in [0.25, 0.3) is 66.5 Å². The van der Waals surface area contributed by atoms with E-state index in [1.807, 2.05) is 18.3 Å². The molecule has 0 amide bonds. The summed E-state index contributed by atoms with van der Waals surface area (Å²) in [6, 6.07) is 66.0. The van der Waals surface area contributed by atoms with E-state index in [1.165, 1.54) is 55.0 Å². The third-order valence-corrected chi connectivity index (χ3v) is 11.8. The third-order valence-electron chi connectivity index (χ3n) is 11.8. The monoisotopic (exact) mass is 718 g/mol. The van der Waals surface area contributed by atoms with E-state index in [1.54, 1.807) is 0 Å². The van der Waals surface area contributed by atoms with Gasteiger partial charge < -0.3 is 14.0 Å². The van der Waals surface area contributed by atoms with Gasteiger partial charge >= 0.3 is 0 Å². The second-order valence-corrected chi connectivity index (χ2v) is 15.3. The van der Waals surface area contributed by atoms with Gasteiger partial charge in [-0.2, -0.15) is 0 Å². The summed E-state index contributed by atoms with van der Waals surface area (Å²) >= 11 is 0. The van der Waals surface area contributed by atoms with Crippen molar-refractivity contribution in [2.75, 3.05) is 4.90 Å². The van der Waals surface area contributed by atoms with Crippen molar-refractivity contribution in [1.82, 2.24) is 14.1 Å². The van der Waals surface area contributed by atoms with Crippen molar-refractivity contribution in [3.05, 3.63) is 206 Å². The van der Waals surface area contributed by atoms with Crippen LogP contribution in [0.3, 0.4) is 0 Å². The van der Waals surface area contributed by atoms with Gasteiger partial charge in [0.25, 0.3) is 0 Å². The Hall–Kier alpha value is -7.17. The summed E-state index contributed by atoms with van der Waals surface area (Å²) in [6.45, 7) is 4.70. The van der Waals surface area contributed by atoms with E-state index >= 15 is 0 Å². The number of para-hydroxylation sites is 2. The van der Waals surface area contributed by atoms with Crippen LogP contribution in [0.4, 0.5) is 17.1 Å². The second kappa shape index (κ2) is 12.4. The summed E-state index contributed by atoms with van der Waals surface area (Å²) in [7, 11) is 0. The average Bonchev–Trinajstić information content (AvgIpc) is 3.89. The highest BCUT2D eigenvalue weighted by Crippen LogP contribution is 2.51. The number of benzene rings is 7. The first kappa shape index (κ1) is 32.3. The molecule has 266 valence electrons. The summed E-state index contributed by atoms with van der Waals surface area (Å²) in [5, 5.41) is 3.62. The predicted octanol–water partition coefficient (Wildman–Crippen LogP) is 13.6. The Morgan fingerprint density at radius 1 is 0.482 bits per heavy atom. The molecule has 3 aromatic heterocycles. The van der Waals surface area contributed by atoms with Gasteiger partial charge in [-0.1, -0.05) is 98.8 Å². The molecule has 0 bridgehead atoms. The molecule has 0 spiro atoms. The van der Waals surface area contributed by atoms with Crippen LogP contribution in [0.5, 0.6) is 0 Å². The predicted molar refractivity (Wildman–Crippen MR) is 233 cm³/mol. The van der Waals surface area contributed by atoms with Gasteiger partial charge in [0.05, 0.1) is 22.2 Å². The minimum absolute atomic E-state index is 0.122. The van der Waals surface area contributed by atoms with E-state index in [9.17, 15) is 0 Å². The molecule has 0 aliphatic heterocycles. The zero-order valence-electron chi connectivity index (χ0n) is 31.3. The molecule has 56 heavy (non-hydrogen) atoms. The molecule has 1 aliphatic carbocycles. The molecule has 11 rings (SSSR count). The quantitative estimate of drug-likeness (QED) is 0.171. The fourth-order valence-electron chi connectivity index (χ4n) is 9.04. The standard InChI is InChI=1S/C52H38N4/c1-52(2)46-18-10-9-17-42(46)43-26-24-41(33-47(43)52)55(39-22-20-35(21-23-39)48-19-11-12-29-53-48)40-25-27-49-44(32-40)45-34-50-36(28-30-54(50)37-13-5-3-6-14-37)31-51(45)56(49)38-15-7-4-8-16-38/h3-34H,1-2H3. The van der Waals surface area contributed by atoms with Gasteiger partial charge in [0, 0.05) is 68.0 Å². The van der Waals surface area contributed by atoms with Gasteiger partial charge in [0.2, 0.25) is 0 Å². The lowest BCUT2D eigenvalue weighted by Crippen LogP contribution is -2.16. The molecule has 0 radical (unpaired) electrons. The Balaban J connectivity index is 1.15. The molecular formula is C52H38N4. The average molecular weight is 719 g/mol. The smallest absolute Gasteiger partial charge is 0.0701 e. The van der Waals surface area contributed by atoms with Crippen molar-refractivity contribution in [2.45, 2.75) is 19.3 Å². The maximum absolute atomic E-state index is 4.63. The van der Waals surface area contributed by atoms with Gasteiger partial charge in [-0.3, -0.25) is 4.98 Å². The Morgan fingerprint density at radius 2 is 1.14 bits per heavy atom. The lowest BCUT2D eigenvalue weighted by molar-refractivity contribution is 0.660. The number of hydrogen-bond acceptors (Lipinski definition) is 2. The molecular weight excluding hydrogens is 681 g/mol. The summed E-state index contributed by atoms with van der Waals surface area (Å²) in [5.74, 6) is 0. The van der Waals surface area contributed by atoms with Gasteiger partial charge in [0.1, 0.15) is 0 Å². The van der Waals surface area contributed by atoms with Crippen molar-refractivity contribution < 1.29 is 0 Å². The lowest BCUT2D eigenvalue weighted by Gasteiger charge is -2.28. The van der Waals surface area contributed by atoms with Crippen LogP contribution in [-0.4, -0.2) is 14.1 Å². The molecule has 4 heteroatoms. The maximum atomic E-state index is 4.63. The molecule has 0 fully saturated rings. The van der Waals surface area contributed by atoms with Gasteiger partial charge in [-0.05, 0) is 119 Å². The Kier molecular flexibility index (Phi) is 7.17. The number of aromatic nitrogens is 3. The minimum atomic E-state index is -0.122. The number of pyridine rings is 1. The normalized spacial score (nSPS) is 13.0. The van der Waals surface area contributed by atoms with Crippen molar-refractivity contribution in [3.63, 3.8) is 0 Å². The lowest BCUT2D eigenvalue weighted by atomic mass is 9.82. The number of hydrogen-bond donors (Lipinski definition) is 0. The van der Waals surface area contributed by atoms with Crippen LogP contribution >= 0.6 is 0 Å². The second-order valence-electron chi connectivity index (χ2n) is 15.3. The molecule has 4 nitrogen and oxygen atoms in total. The number of nitrogens with zero attached hydrogens (tertiary/aromatic N) is 4. The zero-order valence-corrected chi connectivity index (χ0v) is 31.3. The van der Waals surface area contributed by atoms with E-state index in [4.69, 9.17) is 0 Å². The van der Waals surface area contributed by atoms with Crippen LogP contribution in [0.1, 0.15) is 25.0 Å². The molecule has 1 aliphatic rings. The van der Waals surface area contributed by atoms with E-state index in [0.717, 1.165) is 39.7 Å². The van der Waals surface area contributed by atoms with E-state index < -0.39 is 0 Å². The van der Waals surface area contributed by atoms with Gasteiger partial charge in [0.15, 0.2) is 0 Å². The topological polar surface area (TPSA) is 26.0 Å². The SMILES string of the molecule is CC1(C)c2ccccc2-c2ccc(N(c3ccc(-c4ccccn4)cc3)c3ccc4c(c3)c3cc5c(ccn5-c5ccccc5)cc3n4-c3ccccc3)cc21. The summed E-state index contributed by atoms with van der Waals surface area (Å²) in [5.41, 5.74) is 16.4. The highest BCUT2D eigenvalue weighted by molar-refractivity contribution is 6.14. The van der Waals surface area contributed by atoms with Gasteiger partial charge in [-0.25, -0.2) is 0 Å². The molecule has 7 aromatic carbocycles. The van der Waals surface area contributed by atoms with Crippen LogP contribution < -0.4 is 4.90 Å². The Morgan fingerprint density at radius 3 is 1.93 bits per heavy atom. The molecule has 0 saturated carbocycles. The summed E-state index contributed by atoms with van der Waals surface area (Å²) in [6.07, 6.45) is 4.04. The van der Waals surface area contributed by atoms with Crippen LogP contribution in [-0.2, 0) is 5.41 Å². The molecule has 0 N–H and O–H groups in total. The third kappa shape index (κ3) is 4.96. The van der Waals surface area contributed by atoms with E-state index in [2.05, 4.69) is 209 Å². The molecule has 3 heterocycles. The molecule has 10 aromatic rings. The van der Waals surface area contributed by atoms with Crippen molar-refractivity contribution >= 4 is 49.8 Å². The van der Waals surface area contributed by atoms with Gasteiger partial charge in [-0.15, -0.1) is 0 Å². The molecule has 0 atom stereocenters. The summed E-state index contributed by atoms with van der Waals surface area (Å²) in [4.78, 5) is 7.05. The summed E-state index contributed by atoms with van der Waals surface area (Å²) < 4.78 is 4.71. The first-order valence-corrected chi connectivity index (χ1v) is 19.3. The first-order chi connectivity index (χ1) is 27.5. The fourth-order valence-corrected chi connectivity index (χ4v) is 9.04. The zero-order chi connectivity index (χ0) is 37.4. The minimum Gasteiger partial charge on any atom is -0.317 e. The maximum Gasteiger partial charge on any atom is 0.0701 e. The Labute approximate surface area is 326 Å². The molecule has 0 saturated heterocycles. The number of fused-ring (bicyclic) bond motifs is 7. The van der Waals surface area contributed by atoms with E-state index in [-0.39, 0.29) is 5.41 Å². The number of anilines is 3. The van der Waals surface area contributed by atoms with Crippen molar-refractivity contribution in [3.8, 4) is 33.8 Å². The first-order valence-electron chi connectivity index (χ1n) is 19.3. The Bertz CT molecular complexity index is 3080. The largest absolute Gasteiger partial charge is 0.317 e. The fraction of sp³-hybridized carbons (Fsp3) is 0.0577. The van der Waals surface area contributed by atoms with E-state index in [0.29, 0.717) is 0 Å².